The van der Waals surface area contributed by atoms with Crippen LogP contribution in [0.1, 0.15) is 37.9 Å². The van der Waals surface area contributed by atoms with Crippen LogP contribution >= 0.6 is 0 Å². The van der Waals surface area contributed by atoms with Crippen molar-refractivity contribution < 1.29 is 9.59 Å². The van der Waals surface area contributed by atoms with Gasteiger partial charge in [0.25, 0.3) is 0 Å². The molecule has 1 aromatic carbocycles. The van der Waals surface area contributed by atoms with E-state index < -0.39 is 0 Å². The van der Waals surface area contributed by atoms with E-state index >= 15 is 0 Å². The van der Waals surface area contributed by atoms with Gasteiger partial charge in [-0.05, 0) is 49.8 Å². The number of hydrogen-bond donors (Lipinski definition) is 3. The summed E-state index contributed by atoms with van der Waals surface area (Å²) in [7, 11) is 0. The van der Waals surface area contributed by atoms with Crippen molar-refractivity contribution in [2.24, 2.45) is 11.8 Å². The van der Waals surface area contributed by atoms with Crippen LogP contribution in [0.3, 0.4) is 0 Å². The molecule has 0 spiro atoms. The van der Waals surface area contributed by atoms with Gasteiger partial charge in [-0.2, -0.15) is 0 Å². The Labute approximate surface area is 170 Å². The van der Waals surface area contributed by atoms with E-state index in [0.717, 1.165) is 42.8 Å². The molecule has 5 rings (SSSR count). The second-order valence-electron chi connectivity index (χ2n) is 8.75. The van der Waals surface area contributed by atoms with Crippen LogP contribution in [0.15, 0.2) is 24.3 Å². The summed E-state index contributed by atoms with van der Waals surface area (Å²) in [6.07, 6.45) is 4.90. The Balaban J connectivity index is 1.20. The van der Waals surface area contributed by atoms with Crippen molar-refractivity contribution in [3.05, 3.63) is 30.1 Å². The highest BCUT2D eigenvalue weighted by atomic mass is 16.2. The summed E-state index contributed by atoms with van der Waals surface area (Å²) in [4.78, 5) is 35.2. The average Bonchev–Trinajstić information content (AvgIpc) is 3.16. The van der Waals surface area contributed by atoms with Crippen LogP contribution < -0.4 is 10.6 Å². The number of nitrogens with one attached hydrogen (secondary N) is 3. The predicted octanol–water partition coefficient (Wildman–Crippen LogP) is 1.60. The first kappa shape index (κ1) is 18.6. The number of benzene rings is 1. The molecule has 3 aliphatic rings. The van der Waals surface area contributed by atoms with Crippen LogP contribution in [0.25, 0.3) is 11.0 Å². The zero-order valence-electron chi connectivity index (χ0n) is 16.7. The molecule has 3 fully saturated rings. The molecule has 0 unspecified atom stereocenters. The second-order valence-corrected chi connectivity index (χ2v) is 8.75. The first-order chi connectivity index (χ1) is 14.2. The van der Waals surface area contributed by atoms with Gasteiger partial charge in [-0.25, -0.2) is 4.98 Å². The van der Waals surface area contributed by atoms with E-state index in [1.807, 2.05) is 24.3 Å². The summed E-state index contributed by atoms with van der Waals surface area (Å²) in [5.74, 6) is 2.14. The lowest BCUT2D eigenvalue weighted by molar-refractivity contribution is -0.149. The number of nitrogens with zero attached hydrogens (tertiary/aromatic N) is 2. The number of amides is 2. The monoisotopic (exact) mass is 395 g/mol. The molecule has 29 heavy (non-hydrogen) atoms. The number of aromatic nitrogens is 2. The van der Waals surface area contributed by atoms with Gasteiger partial charge in [0.1, 0.15) is 5.82 Å². The van der Waals surface area contributed by atoms with E-state index in [4.69, 9.17) is 0 Å². The molecule has 1 aromatic heterocycles. The third kappa shape index (κ3) is 3.64. The number of rotatable bonds is 5. The molecule has 2 bridgehead atoms. The van der Waals surface area contributed by atoms with Gasteiger partial charge < -0.3 is 20.5 Å². The van der Waals surface area contributed by atoms with Gasteiger partial charge in [0.05, 0.1) is 17.1 Å². The van der Waals surface area contributed by atoms with Crippen molar-refractivity contribution in [3.63, 3.8) is 0 Å². The summed E-state index contributed by atoms with van der Waals surface area (Å²) in [6, 6.07) is 8.36. The number of aryl methyl sites for hydroxylation is 1. The summed E-state index contributed by atoms with van der Waals surface area (Å²) in [5, 5.41) is 6.66. The second kappa shape index (κ2) is 7.78. The third-order valence-electron chi connectivity index (χ3n) is 6.94. The fourth-order valence-electron chi connectivity index (χ4n) is 5.56. The van der Waals surface area contributed by atoms with Gasteiger partial charge in [0.2, 0.25) is 11.8 Å². The summed E-state index contributed by atoms with van der Waals surface area (Å²) in [6.45, 7) is 2.51. The number of carbonyl (C=O) groups excluding carboxylic acids is 2. The van der Waals surface area contributed by atoms with Gasteiger partial charge in [0, 0.05) is 38.4 Å². The van der Waals surface area contributed by atoms with Crippen molar-refractivity contribution in [2.45, 2.75) is 50.6 Å². The molecule has 154 valence electrons. The van der Waals surface area contributed by atoms with E-state index in [1.165, 1.54) is 6.42 Å². The highest BCUT2D eigenvalue weighted by Crippen LogP contribution is 2.39. The Morgan fingerprint density at radius 3 is 3.00 bits per heavy atom. The lowest BCUT2D eigenvalue weighted by atomic mass is 9.72. The molecule has 0 saturated carbocycles. The van der Waals surface area contributed by atoms with E-state index in [9.17, 15) is 9.59 Å². The molecule has 0 aliphatic carbocycles. The summed E-state index contributed by atoms with van der Waals surface area (Å²) in [5.41, 5.74) is 1.93. The van der Waals surface area contributed by atoms with Gasteiger partial charge >= 0.3 is 0 Å². The molecule has 0 radical (unpaired) electrons. The molecule has 2 aromatic rings. The van der Waals surface area contributed by atoms with E-state index in [-0.39, 0.29) is 17.9 Å². The van der Waals surface area contributed by atoms with Gasteiger partial charge in [-0.3, -0.25) is 9.59 Å². The van der Waals surface area contributed by atoms with E-state index in [2.05, 4.69) is 25.5 Å². The van der Waals surface area contributed by atoms with Crippen molar-refractivity contribution in [1.29, 1.82) is 0 Å². The highest BCUT2D eigenvalue weighted by molar-refractivity contribution is 5.79. The van der Waals surface area contributed by atoms with E-state index in [1.54, 1.807) is 0 Å². The van der Waals surface area contributed by atoms with Crippen LogP contribution in [0.5, 0.6) is 0 Å². The number of H-pyrrole nitrogens is 1. The quantitative estimate of drug-likeness (QED) is 0.717. The Morgan fingerprint density at radius 1 is 1.24 bits per heavy atom. The van der Waals surface area contributed by atoms with Crippen LogP contribution in [0, 0.1) is 11.8 Å². The van der Waals surface area contributed by atoms with E-state index in [0.29, 0.717) is 43.7 Å². The summed E-state index contributed by atoms with van der Waals surface area (Å²) >= 11 is 0. The number of hydrogen-bond acceptors (Lipinski definition) is 4. The smallest absolute Gasteiger partial charge is 0.223 e. The molecular formula is C22H29N5O2. The topological polar surface area (TPSA) is 90.1 Å². The number of aromatic amines is 1. The number of carbonyl (C=O) groups is 2. The Hall–Kier alpha value is -2.41. The lowest BCUT2D eigenvalue weighted by Gasteiger charge is -2.54. The Kier molecular flexibility index (Phi) is 4.99. The van der Waals surface area contributed by atoms with Crippen molar-refractivity contribution in [3.8, 4) is 0 Å². The van der Waals surface area contributed by atoms with Crippen LogP contribution in [-0.2, 0) is 16.0 Å². The average molecular weight is 396 g/mol. The molecule has 2 amide bonds. The fourth-order valence-corrected chi connectivity index (χ4v) is 5.56. The predicted molar refractivity (Wildman–Crippen MR) is 110 cm³/mol. The van der Waals surface area contributed by atoms with Crippen molar-refractivity contribution in [1.82, 2.24) is 25.5 Å². The SMILES string of the molecule is O=C(CCc1nc2ccccc2[nH]1)NC[C@H]1[C@@H]2CNC[C@@H](C2)[C@@H]2CCCC(=O)N21. The molecule has 3 N–H and O–H groups in total. The fraction of sp³-hybridized carbons (Fsp3) is 0.591. The maximum atomic E-state index is 12.7. The van der Waals surface area contributed by atoms with Gasteiger partial charge in [0.15, 0.2) is 0 Å². The largest absolute Gasteiger partial charge is 0.354 e. The molecule has 7 heteroatoms. The molecule has 3 aliphatic heterocycles. The molecular weight excluding hydrogens is 366 g/mol. The standard InChI is InChI=1S/C22H29N5O2/c28-21(9-8-20-25-16-4-1-2-5-17(16)26-20)24-13-19-15-10-14(11-23-12-15)18-6-3-7-22(29)27(18)19/h1-2,4-5,14-15,18-19,23H,3,6-13H2,(H,24,28)(H,25,26)/t14-,15+,18+,19+/m1/s1. The number of fused-ring (bicyclic) bond motifs is 5. The maximum Gasteiger partial charge on any atom is 0.223 e. The van der Waals surface area contributed by atoms with Gasteiger partial charge in [-0.1, -0.05) is 12.1 Å². The van der Waals surface area contributed by atoms with Crippen molar-refractivity contribution in [2.75, 3.05) is 19.6 Å². The minimum atomic E-state index is 0.0253. The van der Waals surface area contributed by atoms with Crippen LogP contribution in [-0.4, -0.2) is 58.4 Å². The highest BCUT2D eigenvalue weighted by Gasteiger charge is 2.47. The first-order valence-electron chi connectivity index (χ1n) is 10.9. The zero-order valence-corrected chi connectivity index (χ0v) is 16.7. The number of para-hydroxylation sites is 2. The maximum absolute atomic E-state index is 12.7. The van der Waals surface area contributed by atoms with Crippen LogP contribution in [0.4, 0.5) is 0 Å². The van der Waals surface area contributed by atoms with Crippen molar-refractivity contribution >= 4 is 22.8 Å². The number of piperidine rings is 3. The number of imidazole rings is 1. The summed E-state index contributed by atoms with van der Waals surface area (Å²) < 4.78 is 0. The normalized spacial score (nSPS) is 29.0. The molecule has 4 heterocycles. The molecule has 3 saturated heterocycles. The first-order valence-corrected chi connectivity index (χ1v) is 10.9. The Bertz CT molecular complexity index is 876. The zero-order chi connectivity index (χ0) is 19.8. The molecule has 7 nitrogen and oxygen atoms in total. The Morgan fingerprint density at radius 2 is 2.10 bits per heavy atom. The minimum absolute atomic E-state index is 0.0253. The lowest BCUT2D eigenvalue weighted by Crippen LogP contribution is -2.66. The minimum Gasteiger partial charge on any atom is -0.354 e. The van der Waals surface area contributed by atoms with Crippen LogP contribution in [0.2, 0.25) is 0 Å². The molecule has 4 atom stereocenters. The third-order valence-corrected chi connectivity index (χ3v) is 6.94. The van der Waals surface area contributed by atoms with Gasteiger partial charge in [-0.15, -0.1) is 0 Å².